The zero-order chi connectivity index (χ0) is 32.5. The van der Waals surface area contributed by atoms with Crippen LogP contribution in [0.5, 0.6) is 0 Å². The molecule has 7 rings (SSSR count). The van der Waals surface area contributed by atoms with E-state index < -0.39 is 0 Å². The molecule has 1 aliphatic carbocycles. The third-order valence-corrected chi connectivity index (χ3v) is 9.37. The van der Waals surface area contributed by atoms with Crippen LogP contribution in [0.2, 0.25) is 0 Å². The number of rotatable bonds is 7. The number of carbonyl (C=O) groups excluding carboxylic acids is 2. The van der Waals surface area contributed by atoms with E-state index in [1.807, 2.05) is 48.0 Å². The van der Waals surface area contributed by atoms with Gasteiger partial charge in [-0.1, -0.05) is 30.0 Å². The average molecular weight is 629 g/mol. The molecule has 240 valence electrons. The molecule has 10 heteroatoms. The fraction of sp³-hybridized carbons (Fsp3) is 0.351. The van der Waals surface area contributed by atoms with Crippen LogP contribution in [0.1, 0.15) is 62.6 Å². The second-order valence-electron chi connectivity index (χ2n) is 12.9. The van der Waals surface area contributed by atoms with E-state index >= 15 is 0 Å². The van der Waals surface area contributed by atoms with Crippen molar-refractivity contribution in [1.29, 1.82) is 0 Å². The molecule has 0 bridgehead atoms. The maximum absolute atomic E-state index is 13.2. The molecule has 2 amide bonds. The molecular weight excluding hydrogens is 588 g/mol. The van der Waals surface area contributed by atoms with Gasteiger partial charge < -0.3 is 25.8 Å². The molecule has 0 atom stereocenters. The summed E-state index contributed by atoms with van der Waals surface area (Å²) in [6.45, 7) is 5.95. The second kappa shape index (κ2) is 13.0. The highest BCUT2D eigenvalue weighted by Gasteiger charge is 2.28. The lowest BCUT2D eigenvalue weighted by Crippen LogP contribution is -2.44. The van der Waals surface area contributed by atoms with Crippen molar-refractivity contribution in [1.82, 2.24) is 29.7 Å². The van der Waals surface area contributed by atoms with E-state index in [4.69, 9.17) is 5.73 Å². The standard InChI is InChI=1S/C37H40N8O2/c1-43-14-16-45(17-15-43)23-28-10-11-29(20-30(28)26-8-9-26)41-34(46)19-25-5-3-4-24(18-25)6-7-27-22-40-37(38)42-35(27)33-21-31-32(44(33)2)12-13-39-36(31)47/h3-5,10-11,18,20-22,26H,8-9,12-17,19,23H2,1-2H3,(H,39,47)(H,41,46)(H2,38,40,42). The first-order valence-electron chi connectivity index (χ1n) is 16.3. The number of hydrogen-bond acceptors (Lipinski definition) is 7. The molecule has 0 spiro atoms. The minimum absolute atomic E-state index is 0.0605. The van der Waals surface area contributed by atoms with Gasteiger partial charge in [0.05, 0.1) is 23.2 Å². The van der Waals surface area contributed by atoms with E-state index in [0.29, 0.717) is 29.3 Å². The van der Waals surface area contributed by atoms with Gasteiger partial charge in [0.15, 0.2) is 0 Å². The third-order valence-electron chi connectivity index (χ3n) is 9.37. The van der Waals surface area contributed by atoms with Crippen LogP contribution < -0.4 is 16.4 Å². The monoisotopic (exact) mass is 628 g/mol. The largest absolute Gasteiger partial charge is 0.368 e. The SMILES string of the molecule is CN1CCN(Cc2ccc(NC(=O)Cc3cccc(C#Cc4cnc(N)nc4-c4cc5c(n4C)CCNC5=O)c3)cc2C2CC2)CC1. The highest BCUT2D eigenvalue weighted by molar-refractivity contribution is 5.98. The Balaban J connectivity index is 1.05. The number of piperazine rings is 1. The summed E-state index contributed by atoms with van der Waals surface area (Å²) in [5, 5.41) is 6.03. The summed E-state index contributed by atoms with van der Waals surface area (Å²) in [4.78, 5) is 39.2. The first-order chi connectivity index (χ1) is 22.8. The summed E-state index contributed by atoms with van der Waals surface area (Å²) in [5.74, 6) is 7.00. The van der Waals surface area contributed by atoms with Crippen molar-refractivity contribution >= 4 is 23.5 Å². The van der Waals surface area contributed by atoms with E-state index in [1.165, 1.54) is 24.0 Å². The predicted octanol–water partition coefficient (Wildman–Crippen LogP) is 3.56. The van der Waals surface area contributed by atoms with Crippen molar-refractivity contribution in [2.75, 3.05) is 50.8 Å². The highest BCUT2D eigenvalue weighted by Crippen LogP contribution is 2.43. The number of nitrogens with one attached hydrogen (secondary N) is 2. The number of nitrogens with zero attached hydrogens (tertiary/aromatic N) is 5. The molecule has 2 aromatic carbocycles. The molecule has 4 heterocycles. The molecule has 1 saturated carbocycles. The van der Waals surface area contributed by atoms with Crippen LogP contribution in [0, 0.1) is 11.8 Å². The van der Waals surface area contributed by atoms with E-state index in [0.717, 1.165) is 67.3 Å². The number of fused-ring (bicyclic) bond motifs is 1. The number of amides is 2. The molecular formula is C37H40N8O2. The molecule has 0 unspecified atom stereocenters. The van der Waals surface area contributed by atoms with Crippen molar-refractivity contribution < 1.29 is 9.59 Å². The van der Waals surface area contributed by atoms with Crippen LogP contribution in [-0.2, 0) is 31.2 Å². The average Bonchev–Trinajstić information content (AvgIpc) is 3.85. The van der Waals surface area contributed by atoms with Gasteiger partial charge in [0.2, 0.25) is 11.9 Å². The number of anilines is 2. The Bertz CT molecular complexity index is 1910. The summed E-state index contributed by atoms with van der Waals surface area (Å²) >= 11 is 0. The number of aromatic nitrogens is 3. The normalized spacial score (nSPS) is 16.6. The van der Waals surface area contributed by atoms with E-state index in [-0.39, 0.29) is 24.2 Å². The van der Waals surface area contributed by atoms with Gasteiger partial charge in [-0.2, -0.15) is 0 Å². The second-order valence-corrected chi connectivity index (χ2v) is 12.9. The molecule has 0 radical (unpaired) electrons. The molecule has 1 saturated heterocycles. The van der Waals surface area contributed by atoms with E-state index in [2.05, 4.69) is 61.4 Å². The first kappa shape index (κ1) is 30.7. The topological polar surface area (TPSA) is 121 Å². The van der Waals surface area contributed by atoms with Gasteiger partial charge in [0.1, 0.15) is 5.69 Å². The Morgan fingerprint density at radius 1 is 1.06 bits per heavy atom. The van der Waals surface area contributed by atoms with Crippen molar-refractivity contribution in [2.24, 2.45) is 7.05 Å². The maximum atomic E-state index is 13.2. The Morgan fingerprint density at radius 2 is 1.89 bits per heavy atom. The number of carbonyl (C=O) groups is 2. The number of likely N-dealkylation sites (N-methyl/N-ethyl adjacent to an activating group) is 1. The van der Waals surface area contributed by atoms with Crippen LogP contribution >= 0.6 is 0 Å². The maximum Gasteiger partial charge on any atom is 0.253 e. The van der Waals surface area contributed by atoms with Gasteiger partial charge in [-0.15, -0.1) is 0 Å². The summed E-state index contributed by atoms with van der Waals surface area (Å²) < 4.78 is 1.98. The fourth-order valence-electron chi connectivity index (χ4n) is 6.57. The Morgan fingerprint density at radius 3 is 2.68 bits per heavy atom. The fourth-order valence-corrected chi connectivity index (χ4v) is 6.57. The van der Waals surface area contributed by atoms with Crippen molar-refractivity contribution in [3.05, 3.63) is 93.8 Å². The summed E-state index contributed by atoms with van der Waals surface area (Å²) in [6.07, 6.45) is 5.03. The number of benzene rings is 2. The lowest BCUT2D eigenvalue weighted by molar-refractivity contribution is -0.115. The molecule has 2 aliphatic heterocycles. The molecule has 3 aliphatic rings. The molecule has 10 nitrogen and oxygen atoms in total. The van der Waals surface area contributed by atoms with Crippen LogP contribution in [0.3, 0.4) is 0 Å². The van der Waals surface area contributed by atoms with Gasteiger partial charge >= 0.3 is 0 Å². The van der Waals surface area contributed by atoms with E-state index in [1.54, 1.807) is 6.20 Å². The molecule has 47 heavy (non-hydrogen) atoms. The van der Waals surface area contributed by atoms with Crippen LogP contribution in [0.25, 0.3) is 11.4 Å². The Labute approximate surface area is 275 Å². The lowest BCUT2D eigenvalue weighted by Gasteiger charge is -2.32. The molecule has 2 fully saturated rings. The summed E-state index contributed by atoms with van der Waals surface area (Å²) in [7, 11) is 4.11. The smallest absolute Gasteiger partial charge is 0.253 e. The van der Waals surface area contributed by atoms with Crippen molar-refractivity contribution in [3.63, 3.8) is 0 Å². The van der Waals surface area contributed by atoms with Gasteiger partial charge in [0.25, 0.3) is 5.91 Å². The van der Waals surface area contributed by atoms with Gasteiger partial charge in [-0.05, 0) is 72.8 Å². The van der Waals surface area contributed by atoms with Crippen LogP contribution in [0.4, 0.5) is 11.6 Å². The first-order valence-corrected chi connectivity index (χ1v) is 16.3. The molecule has 2 aromatic heterocycles. The van der Waals surface area contributed by atoms with Crippen molar-refractivity contribution in [3.8, 4) is 23.2 Å². The minimum atomic E-state index is -0.0924. The lowest BCUT2D eigenvalue weighted by atomic mass is 10.0. The summed E-state index contributed by atoms with van der Waals surface area (Å²) in [6, 6.07) is 16.0. The summed E-state index contributed by atoms with van der Waals surface area (Å²) in [5.41, 5.74) is 14.8. The molecule has 4 N–H and O–H groups in total. The minimum Gasteiger partial charge on any atom is -0.368 e. The predicted molar refractivity (Wildman–Crippen MR) is 183 cm³/mol. The number of nitrogen functional groups attached to an aromatic ring is 1. The highest BCUT2D eigenvalue weighted by atomic mass is 16.2. The third kappa shape index (κ3) is 6.92. The van der Waals surface area contributed by atoms with Crippen LogP contribution in [-0.4, -0.2) is 75.9 Å². The van der Waals surface area contributed by atoms with Gasteiger partial charge in [0, 0.05) is 75.9 Å². The molecule has 4 aromatic rings. The zero-order valence-electron chi connectivity index (χ0n) is 27.0. The van der Waals surface area contributed by atoms with Gasteiger partial charge in [-0.25, -0.2) is 9.97 Å². The van der Waals surface area contributed by atoms with Crippen molar-refractivity contribution in [2.45, 2.75) is 38.1 Å². The Kier molecular flexibility index (Phi) is 8.50. The number of nitrogens with two attached hydrogens (primary N) is 1. The zero-order valence-corrected chi connectivity index (χ0v) is 27.0. The van der Waals surface area contributed by atoms with Gasteiger partial charge in [-0.3, -0.25) is 14.5 Å². The quantitative estimate of drug-likeness (QED) is 0.268. The van der Waals surface area contributed by atoms with E-state index in [9.17, 15) is 9.59 Å². The number of hydrogen-bond donors (Lipinski definition) is 3. The Hall–Kier alpha value is -4.98. The van der Waals surface area contributed by atoms with Crippen LogP contribution in [0.15, 0.2) is 54.7 Å².